The molecule has 0 bridgehead atoms. The predicted octanol–water partition coefficient (Wildman–Crippen LogP) is 20.0. The van der Waals surface area contributed by atoms with Gasteiger partial charge in [0.25, 0.3) is 0 Å². The van der Waals surface area contributed by atoms with Crippen molar-refractivity contribution in [3.05, 3.63) is 158 Å². The molecular formula is C71H118N2O7P+. The fraction of sp³-hybridized carbons (Fsp3) is 0.606. The second-order valence-corrected chi connectivity index (χ2v) is 23.3. The van der Waals surface area contributed by atoms with Crippen LogP contribution in [0.5, 0.6) is 0 Å². The SMILES string of the molecule is CC/C=C\C/C=C\C/C=C\C/C=C\C/C=C\C/C=C\CCCCCCC(=O)NC(COP(=O)(O)OCC[N+](C)(C)C)C(/C=C/CCCCCCCCCCC)OC(=O)CCCC/C=C\C/C=C\C/C=C\C/C=C\C/C=C\C/C=C\CC. The molecule has 0 saturated carbocycles. The Bertz CT molecular complexity index is 1940. The molecule has 0 aliphatic rings. The molecule has 0 rings (SSSR count). The summed E-state index contributed by atoms with van der Waals surface area (Å²) in [5, 5.41) is 3.03. The highest BCUT2D eigenvalue weighted by Crippen LogP contribution is 2.43. The van der Waals surface area contributed by atoms with Crippen molar-refractivity contribution in [2.75, 3.05) is 40.9 Å². The first-order valence-corrected chi connectivity index (χ1v) is 33.3. The Morgan fingerprint density at radius 1 is 0.444 bits per heavy atom. The van der Waals surface area contributed by atoms with Gasteiger partial charge in [0, 0.05) is 12.8 Å². The van der Waals surface area contributed by atoms with Crippen LogP contribution >= 0.6 is 7.82 Å². The Labute approximate surface area is 497 Å². The van der Waals surface area contributed by atoms with Gasteiger partial charge in [-0.25, -0.2) is 4.57 Å². The van der Waals surface area contributed by atoms with Crippen LogP contribution < -0.4 is 5.32 Å². The third-order valence-electron chi connectivity index (χ3n) is 13.0. The van der Waals surface area contributed by atoms with E-state index in [0.29, 0.717) is 23.9 Å². The number of likely N-dealkylation sites (N-methyl/N-ethyl adjacent to an activating group) is 1. The highest BCUT2D eigenvalue weighted by molar-refractivity contribution is 7.47. The van der Waals surface area contributed by atoms with E-state index in [0.717, 1.165) is 135 Å². The van der Waals surface area contributed by atoms with Crippen LogP contribution in [0.4, 0.5) is 0 Å². The molecule has 10 heteroatoms. The van der Waals surface area contributed by atoms with E-state index in [9.17, 15) is 19.0 Å². The third-order valence-corrected chi connectivity index (χ3v) is 13.9. The Kier molecular flexibility index (Phi) is 55.6. The number of hydrogen-bond donors (Lipinski definition) is 2. The minimum absolute atomic E-state index is 0.0179. The maximum absolute atomic E-state index is 13.6. The van der Waals surface area contributed by atoms with Crippen LogP contribution in [0, 0.1) is 0 Å². The average Bonchev–Trinajstić information content (AvgIpc) is 3.43. The Morgan fingerprint density at radius 2 is 0.790 bits per heavy atom. The topological polar surface area (TPSA) is 111 Å². The maximum Gasteiger partial charge on any atom is 0.472 e. The summed E-state index contributed by atoms with van der Waals surface area (Å²) in [4.78, 5) is 37.7. The van der Waals surface area contributed by atoms with Gasteiger partial charge >= 0.3 is 13.8 Å². The van der Waals surface area contributed by atoms with Crippen molar-refractivity contribution in [2.45, 2.75) is 238 Å². The summed E-state index contributed by atoms with van der Waals surface area (Å²) in [5.74, 6) is -0.600. The number of amides is 1. The molecule has 9 nitrogen and oxygen atoms in total. The van der Waals surface area contributed by atoms with Crippen LogP contribution in [-0.4, -0.2) is 74.3 Å². The van der Waals surface area contributed by atoms with E-state index in [1.165, 1.54) is 44.9 Å². The summed E-state index contributed by atoms with van der Waals surface area (Å²) in [5.41, 5.74) is 0. The van der Waals surface area contributed by atoms with E-state index in [2.05, 4.69) is 172 Å². The molecule has 2 N–H and O–H groups in total. The summed E-state index contributed by atoms with van der Waals surface area (Å²) in [6.07, 6.45) is 86.8. The Balaban J connectivity index is 5.34. The van der Waals surface area contributed by atoms with Gasteiger partial charge in [-0.15, -0.1) is 0 Å². The number of carbonyl (C=O) groups excluding carboxylic acids is 2. The largest absolute Gasteiger partial charge is 0.472 e. The molecular weight excluding hydrogens is 1020 g/mol. The van der Waals surface area contributed by atoms with Crippen LogP contribution in [0.2, 0.25) is 0 Å². The lowest BCUT2D eigenvalue weighted by Gasteiger charge is -2.27. The van der Waals surface area contributed by atoms with Gasteiger partial charge < -0.3 is 19.4 Å². The lowest BCUT2D eigenvalue weighted by Crippen LogP contribution is -2.47. The van der Waals surface area contributed by atoms with Gasteiger partial charge in [-0.3, -0.25) is 18.6 Å². The monoisotopic (exact) mass is 1140 g/mol. The zero-order valence-electron chi connectivity index (χ0n) is 52.2. The zero-order valence-corrected chi connectivity index (χ0v) is 53.1. The number of esters is 1. The number of nitrogens with zero attached hydrogens (tertiary/aromatic N) is 1. The smallest absolute Gasteiger partial charge is 0.456 e. The van der Waals surface area contributed by atoms with Gasteiger partial charge in [0.05, 0.1) is 33.8 Å². The van der Waals surface area contributed by atoms with Crippen molar-refractivity contribution < 1.29 is 37.3 Å². The number of phosphoric ester groups is 1. The molecule has 0 aliphatic carbocycles. The molecule has 0 aromatic rings. The van der Waals surface area contributed by atoms with Crippen LogP contribution in [-0.2, 0) is 27.9 Å². The van der Waals surface area contributed by atoms with Crippen molar-refractivity contribution in [1.82, 2.24) is 5.32 Å². The summed E-state index contributed by atoms with van der Waals surface area (Å²) < 4.78 is 30.6. The second kappa shape index (κ2) is 58.8. The van der Waals surface area contributed by atoms with E-state index < -0.39 is 20.0 Å². The molecule has 0 fully saturated rings. The molecule has 0 aromatic heterocycles. The molecule has 0 spiro atoms. The van der Waals surface area contributed by atoms with Crippen LogP contribution in [0.3, 0.4) is 0 Å². The second-order valence-electron chi connectivity index (χ2n) is 21.8. The molecule has 3 atom stereocenters. The van der Waals surface area contributed by atoms with Crippen molar-refractivity contribution in [3.8, 4) is 0 Å². The van der Waals surface area contributed by atoms with Crippen LogP contribution in [0.25, 0.3) is 0 Å². The van der Waals surface area contributed by atoms with Gasteiger partial charge in [-0.1, -0.05) is 237 Å². The predicted molar refractivity (Wildman–Crippen MR) is 350 cm³/mol. The molecule has 81 heavy (non-hydrogen) atoms. The van der Waals surface area contributed by atoms with Gasteiger partial charge in [0.1, 0.15) is 19.3 Å². The minimum atomic E-state index is -4.48. The first kappa shape index (κ1) is 76.6. The first-order valence-electron chi connectivity index (χ1n) is 31.8. The fourth-order valence-electron chi connectivity index (χ4n) is 8.12. The maximum atomic E-state index is 13.6. The zero-order chi connectivity index (χ0) is 59.3. The van der Waals surface area contributed by atoms with Gasteiger partial charge in [0.2, 0.25) is 5.91 Å². The number of hydrogen-bond acceptors (Lipinski definition) is 6. The Morgan fingerprint density at radius 3 is 1.20 bits per heavy atom. The molecule has 3 unspecified atom stereocenters. The van der Waals surface area contributed by atoms with E-state index >= 15 is 0 Å². The molecule has 0 saturated heterocycles. The van der Waals surface area contributed by atoms with Gasteiger partial charge in [-0.2, -0.15) is 0 Å². The molecule has 0 aliphatic heterocycles. The average molecular weight is 1140 g/mol. The quantitative estimate of drug-likeness (QED) is 0.0205. The van der Waals surface area contributed by atoms with Crippen LogP contribution in [0.1, 0.15) is 226 Å². The lowest BCUT2D eigenvalue weighted by atomic mass is 10.1. The number of nitrogens with one attached hydrogen (secondary N) is 1. The van der Waals surface area contributed by atoms with Crippen LogP contribution in [0.15, 0.2) is 158 Å². The highest BCUT2D eigenvalue weighted by atomic mass is 31.2. The van der Waals surface area contributed by atoms with Gasteiger partial charge in [-0.05, 0) is 134 Å². The summed E-state index contributed by atoms with van der Waals surface area (Å²) >= 11 is 0. The number of allylic oxidation sites excluding steroid dienone is 25. The first-order chi connectivity index (χ1) is 39.4. The summed E-state index contributed by atoms with van der Waals surface area (Å²) in [6, 6.07) is -0.893. The molecule has 458 valence electrons. The van der Waals surface area contributed by atoms with E-state index in [-0.39, 0.29) is 37.9 Å². The number of quaternary nitrogens is 1. The summed E-state index contributed by atoms with van der Waals surface area (Å²) in [6.45, 7) is 6.70. The number of ether oxygens (including phenoxy) is 1. The fourth-order valence-corrected chi connectivity index (χ4v) is 8.86. The van der Waals surface area contributed by atoms with E-state index in [1.807, 2.05) is 33.3 Å². The Hall–Kier alpha value is -4.37. The number of unbranched alkanes of at least 4 members (excludes halogenated alkanes) is 15. The van der Waals surface area contributed by atoms with E-state index in [4.69, 9.17) is 13.8 Å². The van der Waals surface area contributed by atoms with Crippen molar-refractivity contribution >= 4 is 19.7 Å². The van der Waals surface area contributed by atoms with Crippen molar-refractivity contribution in [1.29, 1.82) is 0 Å². The lowest BCUT2D eigenvalue weighted by molar-refractivity contribution is -0.870. The molecule has 0 radical (unpaired) electrons. The molecule has 0 aromatic carbocycles. The minimum Gasteiger partial charge on any atom is -0.456 e. The number of carbonyl (C=O) groups is 2. The third kappa shape index (κ3) is 60.1. The highest BCUT2D eigenvalue weighted by Gasteiger charge is 2.30. The normalized spacial score (nSPS) is 14.7. The van der Waals surface area contributed by atoms with E-state index in [1.54, 1.807) is 0 Å². The number of phosphoric acid groups is 1. The summed E-state index contributed by atoms with van der Waals surface area (Å²) in [7, 11) is 1.43. The van der Waals surface area contributed by atoms with Crippen molar-refractivity contribution in [2.24, 2.45) is 0 Å². The van der Waals surface area contributed by atoms with Gasteiger partial charge in [0.15, 0.2) is 0 Å². The number of rotatable bonds is 55. The molecule has 1 amide bonds. The standard InChI is InChI=1S/C71H117N2O7P/c1-7-10-13-16-19-22-25-27-29-31-33-35-36-38-39-41-43-45-48-51-54-57-60-63-70(74)72-68(67-79-81(76,77)78-66-65-73(4,5)6)69(62-59-56-53-50-47-24-21-18-15-12-9-3)80-71(75)64-61-58-55-52-49-46-44-42-40-37-34-32-30-28-26-23-20-17-14-11-8-2/h10-11,13-14,19-20,22-23,27-30,33-35,37-39,42-45,49,52,59,62,68-69H,7-9,12,15-18,21,24-26,31-32,36,40-41,46-48,50-51,53-58,60-61,63-67H2,1-6H3,(H-,72,74,76,77)/p+1/b13-10-,14-11-,22-19-,23-20-,29-27-,30-28-,35-33-,37-34-,39-38-,44-42-,45-43-,52-49-,62-59+. The van der Waals surface area contributed by atoms with Crippen molar-refractivity contribution in [3.63, 3.8) is 0 Å². The molecule has 0 heterocycles.